The highest BCUT2D eigenvalue weighted by molar-refractivity contribution is 5.80. The van der Waals surface area contributed by atoms with Gasteiger partial charge in [-0.1, -0.05) is 6.92 Å². The first-order valence-corrected chi connectivity index (χ1v) is 6.21. The van der Waals surface area contributed by atoms with E-state index in [-0.39, 0.29) is 18.4 Å². The minimum absolute atomic E-state index is 0.0151. The van der Waals surface area contributed by atoms with Gasteiger partial charge in [-0.15, -0.1) is 0 Å². The Hall–Kier alpha value is -1.10. The standard InChI is InChI=1S/C12H22N2O3/c1-3-12(2,11(16)17)8-14-10(15)9-5-4-6-13-7-9/h9,13H,3-8H2,1-2H3,(H,14,15)(H,16,17). The summed E-state index contributed by atoms with van der Waals surface area (Å²) >= 11 is 0. The third-order valence-electron chi connectivity index (χ3n) is 3.62. The second-order valence-corrected chi connectivity index (χ2v) is 4.98. The lowest BCUT2D eigenvalue weighted by Crippen LogP contribution is -2.45. The maximum absolute atomic E-state index is 11.8. The minimum Gasteiger partial charge on any atom is -0.481 e. The van der Waals surface area contributed by atoms with E-state index < -0.39 is 11.4 Å². The van der Waals surface area contributed by atoms with Gasteiger partial charge in [-0.3, -0.25) is 9.59 Å². The summed E-state index contributed by atoms with van der Waals surface area (Å²) in [6.07, 6.45) is 2.39. The number of nitrogens with one attached hydrogen (secondary N) is 2. The second-order valence-electron chi connectivity index (χ2n) is 4.98. The molecule has 0 bridgehead atoms. The van der Waals surface area contributed by atoms with Gasteiger partial charge in [-0.05, 0) is 32.7 Å². The molecular weight excluding hydrogens is 220 g/mol. The summed E-state index contributed by atoms with van der Waals surface area (Å²) in [6.45, 7) is 5.35. The number of amides is 1. The van der Waals surface area contributed by atoms with Gasteiger partial charge in [0.05, 0.1) is 11.3 Å². The maximum Gasteiger partial charge on any atom is 0.311 e. The average molecular weight is 242 g/mol. The molecule has 5 nitrogen and oxygen atoms in total. The molecule has 0 aromatic heterocycles. The summed E-state index contributed by atoms with van der Waals surface area (Å²) in [5.74, 6) is -0.904. The molecule has 98 valence electrons. The van der Waals surface area contributed by atoms with Crippen molar-refractivity contribution in [3.8, 4) is 0 Å². The molecule has 2 atom stereocenters. The summed E-state index contributed by atoms with van der Waals surface area (Å²) in [4.78, 5) is 22.9. The SMILES string of the molecule is CCC(C)(CNC(=O)C1CCCNC1)C(=O)O. The number of aliphatic carboxylic acids is 1. The predicted molar refractivity (Wildman–Crippen MR) is 64.6 cm³/mol. The molecule has 0 radical (unpaired) electrons. The molecule has 1 aliphatic heterocycles. The molecule has 0 aromatic rings. The number of carboxylic acid groups (broad SMARTS) is 1. The van der Waals surface area contributed by atoms with Crippen molar-refractivity contribution >= 4 is 11.9 Å². The molecule has 1 amide bonds. The number of rotatable bonds is 5. The van der Waals surface area contributed by atoms with E-state index in [2.05, 4.69) is 10.6 Å². The molecule has 1 aliphatic rings. The topological polar surface area (TPSA) is 78.4 Å². The molecule has 3 N–H and O–H groups in total. The lowest BCUT2D eigenvalue weighted by Gasteiger charge is -2.26. The third kappa shape index (κ3) is 3.70. The van der Waals surface area contributed by atoms with Gasteiger partial charge in [0.25, 0.3) is 0 Å². The fraction of sp³-hybridized carbons (Fsp3) is 0.833. The van der Waals surface area contributed by atoms with Gasteiger partial charge in [0.15, 0.2) is 0 Å². The quantitative estimate of drug-likeness (QED) is 0.660. The van der Waals surface area contributed by atoms with Crippen LogP contribution in [0.15, 0.2) is 0 Å². The summed E-state index contributed by atoms with van der Waals surface area (Å²) in [5.41, 5.74) is -0.863. The number of carboxylic acids is 1. The van der Waals surface area contributed by atoms with Crippen LogP contribution in [0.4, 0.5) is 0 Å². The summed E-state index contributed by atoms with van der Waals surface area (Å²) < 4.78 is 0. The average Bonchev–Trinajstić information content (AvgIpc) is 2.36. The molecule has 1 saturated heterocycles. The highest BCUT2D eigenvalue weighted by Crippen LogP contribution is 2.20. The zero-order valence-electron chi connectivity index (χ0n) is 10.6. The van der Waals surface area contributed by atoms with E-state index in [0.29, 0.717) is 13.0 Å². The largest absolute Gasteiger partial charge is 0.481 e. The van der Waals surface area contributed by atoms with E-state index in [9.17, 15) is 9.59 Å². The number of piperidine rings is 1. The Balaban J connectivity index is 2.43. The first-order valence-electron chi connectivity index (χ1n) is 6.21. The summed E-state index contributed by atoms with van der Waals surface area (Å²) in [7, 11) is 0. The van der Waals surface area contributed by atoms with Crippen LogP contribution in [-0.4, -0.2) is 36.6 Å². The van der Waals surface area contributed by atoms with Gasteiger partial charge in [-0.25, -0.2) is 0 Å². The highest BCUT2D eigenvalue weighted by atomic mass is 16.4. The Morgan fingerprint density at radius 1 is 1.53 bits per heavy atom. The van der Waals surface area contributed by atoms with Crippen LogP contribution in [-0.2, 0) is 9.59 Å². The molecule has 0 spiro atoms. The highest BCUT2D eigenvalue weighted by Gasteiger charge is 2.32. The fourth-order valence-corrected chi connectivity index (χ4v) is 1.85. The normalized spacial score (nSPS) is 23.8. The minimum atomic E-state index is -0.863. The maximum atomic E-state index is 11.8. The van der Waals surface area contributed by atoms with Crippen LogP contribution in [0.2, 0.25) is 0 Å². The smallest absolute Gasteiger partial charge is 0.311 e. The van der Waals surface area contributed by atoms with E-state index in [1.165, 1.54) is 0 Å². The van der Waals surface area contributed by atoms with Crippen molar-refractivity contribution in [3.05, 3.63) is 0 Å². The molecule has 2 unspecified atom stereocenters. The van der Waals surface area contributed by atoms with Gasteiger partial charge in [-0.2, -0.15) is 0 Å². The van der Waals surface area contributed by atoms with Crippen LogP contribution in [0.25, 0.3) is 0 Å². The van der Waals surface area contributed by atoms with Crippen molar-refractivity contribution in [2.75, 3.05) is 19.6 Å². The molecule has 17 heavy (non-hydrogen) atoms. The van der Waals surface area contributed by atoms with Crippen molar-refractivity contribution in [2.24, 2.45) is 11.3 Å². The molecule has 0 aromatic carbocycles. The van der Waals surface area contributed by atoms with Crippen molar-refractivity contribution in [3.63, 3.8) is 0 Å². The van der Waals surface area contributed by atoms with Crippen molar-refractivity contribution in [1.82, 2.24) is 10.6 Å². The third-order valence-corrected chi connectivity index (χ3v) is 3.62. The molecule has 1 rings (SSSR count). The lowest BCUT2D eigenvalue weighted by atomic mass is 9.87. The molecule has 1 fully saturated rings. The number of hydrogen-bond acceptors (Lipinski definition) is 3. The first kappa shape index (κ1) is 14.0. The Bertz CT molecular complexity index is 287. The van der Waals surface area contributed by atoms with Crippen LogP contribution in [0.5, 0.6) is 0 Å². The molecule has 0 saturated carbocycles. The predicted octanol–water partition coefficient (Wildman–Crippen LogP) is 0.603. The number of carbonyl (C=O) groups excluding carboxylic acids is 1. The Kier molecular flexibility index (Phi) is 4.93. The zero-order valence-corrected chi connectivity index (χ0v) is 10.6. The molecular formula is C12H22N2O3. The van der Waals surface area contributed by atoms with E-state index in [4.69, 9.17) is 5.11 Å². The van der Waals surface area contributed by atoms with Crippen LogP contribution >= 0.6 is 0 Å². The zero-order chi connectivity index (χ0) is 12.9. The van der Waals surface area contributed by atoms with E-state index in [0.717, 1.165) is 19.4 Å². The van der Waals surface area contributed by atoms with Crippen LogP contribution in [0.3, 0.4) is 0 Å². The van der Waals surface area contributed by atoms with Crippen molar-refractivity contribution < 1.29 is 14.7 Å². The Morgan fingerprint density at radius 2 is 2.24 bits per heavy atom. The Labute approximate surface area is 102 Å². The van der Waals surface area contributed by atoms with Gasteiger partial charge >= 0.3 is 5.97 Å². The van der Waals surface area contributed by atoms with Crippen molar-refractivity contribution in [2.45, 2.75) is 33.1 Å². The Morgan fingerprint density at radius 3 is 2.71 bits per heavy atom. The summed E-state index contributed by atoms with van der Waals surface area (Å²) in [5, 5.41) is 15.0. The van der Waals surface area contributed by atoms with Crippen molar-refractivity contribution in [1.29, 1.82) is 0 Å². The molecule has 5 heteroatoms. The first-order chi connectivity index (χ1) is 7.99. The van der Waals surface area contributed by atoms with Gasteiger partial charge in [0, 0.05) is 13.1 Å². The van der Waals surface area contributed by atoms with E-state index in [1.807, 2.05) is 6.92 Å². The molecule has 0 aliphatic carbocycles. The van der Waals surface area contributed by atoms with Gasteiger partial charge < -0.3 is 15.7 Å². The fourth-order valence-electron chi connectivity index (χ4n) is 1.85. The van der Waals surface area contributed by atoms with Crippen LogP contribution in [0, 0.1) is 11.3 Å². The number of hydrogen-bond donors (Lipinski definition) is 3. The molecule has 1 heterocycles. The van der Waals surface area contributed by atoms with Gasteiger partial charge in [0.1, 0.15) is 0 Å². The van der Waals surface area contributed by atoms with E-state index in [1.54, 1.807) is 6.92 Å². The monoisotopic (exact) mass is 242 g/mol. The van der Waals surface area contributed by atoms with Crippen LogP contribution < -0.4 is 10.6 Å². The second kappa shape index (κ2) is 6.00. The van der Waals surface area contributed by atoms with Crippen LogP contribution in [0.1, 0.15) is 33.1 Å². The van der Waals surface area contributed by atoms with Gasteiger partial charge in [0.2, 0.25) is 5.91 Å². The number of carbonyl (C=O) groups is 2. The summed E-state index contributed by atoms with van der Waals surface area (Å²) in [6, 6.07) is 0. The lowest BCUT2D eigenvalue weighted by molar-refractivity contribution is -0.148. The van der Waals surface area contributed by atoms with E-state index >= 15 is 0 Å².